The first-order valence-corrected chi connectivity index (χ1v) is 10.9. The summed E-state index contributed by atoms with van der Waals surface area (Å²) < 4.78 is 11.6. The molecule has 7 nitrogen and oxygen atoms in total. The Morgan fingerprint density at radius 3 is 2.38 bits per heavy atom. The highest BCUT2D eigenvalue weighted by molar-refractivity contribution is 5.66. The molecule has 0 radical (unpaired) electrons. The van der Waals surface area contributed by atoms with Crippen LogP contribution in [0, 0.1) is 28.6 Å². The van der Waals surface area contributed by atoms with Crippen LogP contribution in [0.3, 0.4) is 0 Å². The van der Waals surface area contributed by atoms with Crippen LogP contribution in [-0.4, -0.2) is 67.6 Å². The molecule has 11 atom stereocenters. The van der Waals surface area contributed by atoms with Crippen LogP contribution in [-0.2, 0) is 14.3 Å². The van der Waals surface area contributed by atoms with Gasteiger partial charge in [0, 0.05) is 23.7 Å². The van der Waals surface area contributed by atoms with E-state index in [9.17, 15) is 25.2 Å². The molecule has 1 heterocycles. The van der Waals surface area contributed by atoms with Crippen LogP contribution in [0.2, 0.25) is 0 Å². The van der Waals surface area contributed by atoms with E-state index in [0.29, 0.717) is 19.3 Å². The third kappa shape index (κ3) is 2.14. The zero-order valence-electron chi connectivity index (χ0n) is 17.9. The Balaban J connectivity index is 1.74. The van der Waals surface area contributed by atoms with Crippen molar-refractivity contribution in [2.24, 2.45) is 28.6 Å². The van der Waals surface area contributed by atoms with Gasteiger partial charge in [-0.2, -0.15) is 0 Å². The summed E-state index contributed by atoms with van der Waals surface area (Å²) in [6.07, 6.45) is -0.740. The van der Waals surface area contributed by atoms with Gasteiger partial charge in [0.15, 0.2) is 6.10 Å². The molecule has 5 rings (SSSR count). The number of ether oxygens (including phenoxy) is 2. The minimum absolute atomic E-state index is 0.00713. The predicted octanol–water partition coefficient (Wildman–Crippen LogP) is 0.755. The summed E-state index contributed by atoms with van der Waals surface area (Å²) in [4.78, 5) is 12.1. The van der Waals surface area contributed by atoms with Gasteiger partial charge in [0.2, 0.25) is 0 Å². The Labute approximate surface area is 171 Å². The van der Waals surface area contributed by atoms with Gasteiger partial charge in [0.25, 0.3) is 0 Å². The minimum Gasteiger partial charge on any atom is -0.457 e. The first-order valence-electron chi connectivity index (χ1n) is 10.9. The maximum Gasteiger partial charge on any atom is 0.303 e. The molecule has 4 N–H and O–H groups in total. The van der Waals surface area contributed by atoms with E-state index in [2.05, 4.69) is 0 Å². The van der Waals surface area contributed by atoms with E-state index in [1.54, 1.807) is 13.8 Å². The zero-order valence-corrected chi connectivity index (χ0v) is 17.9. The highest BCUT2D eigenvalue weighted by Crippen LogP contribution is 2.73. The second-order valence-corrected chi connectivity index (χ2v) is 11.5. The Bertz CT molecular complexity index is 760. The molecule has 5 aliphatic rings. The minimum atomic E-state index is -1.65. The van der Waals surface area contributed by atoms with Crippen LogP contribution in [0.4, 0.5) is 0 Å². The van der Waals surface area contributed by atoms with Crippen molar-refractivity contribution in [3.05, 3.63) is 0 Å². The molecule has 0 aromatic carbocycles. The molecular weight excluding hydrogens is 376 g/mol. The Kier molecular flexibility index (Phi) is 3.73. The largest absolute Gasteiger partial charge is 0.457 e. The predicted molar refractivity (Wildman–Crippen MR) is 102 cm³/mol. The average Bonchev–Trinajstić information content (AvgIpc) is 3.30. The first-order chi connectivity index (χ1) is 13.2. The van der Waals surface area contributed by atoms with E-state index >= 15 is 0 Å². The van der Waals surface area contributed by atoms with Gasteiger partial charge in [-0.15, -0.1) is 0 Å². The molecular formula is C22H34O7. The lowest BCUT2D eigenvalue weighted by molar-refractivity contribution is -0.242. The van der Waals surface area contributed by atoms with Gasteiger partial charge in [0.1, 0.15) is 5.60 Å². The quantitative estimate of drug-likeness (QED) is 0.372. The molecule has 1 aliphatic heterocycles. The van der Waals surface area contributed by atoms with Crippen LogP contribution in [0.1, 0.15) is 60.3 Å². The molecule has 1 spiro atoms. The summed E-state index contributed by atoms with van der Waals surface area (Å²) in [6, 6.07) is 0. The zero-order chi connectivity index (χ0) is 21.4. The number of aliphatic hydroxyl groups excluding tert-OH is 1. The molecule has 0 aromatic rings. The Morgan fingerprint density at radius 1 is 1.10 bits per heavy atom. The highest BCUT2D eigenvalue weighted by atomic mass is 16.6. The van der Waals surface area contributed by atoms with Crippen molar-refractivity contribution in [2.75, 3.05) is 0 Å². The summed E-state index contributed by atoms with van der Waals surface area (Å²) >= 11 is 0. The molecule has 1 saturated heterocycles. The molecule has 164 valence electrons. The SMILES string of the molecule is CC(=O)O[C@@H]1[C@@H](O)[C@@]23C[C@@H](CC[C@H]2[C@@](C)(O)[C@@H]2[C@@H]4O[C@@H]4C(C)(C)[C@@]12O)[C@](C)(O)C3. The maximum absolute atomic E-state index is 12.2. The van der Waals surface area contributed by atoms with Gasteiger partial charge in [-0.25, -0.2) is 0 Å². The monoisotopic (exact) mass is 410 g/mol. The van der Waals surface area contributed by atoms with Crippen molar-refractivity contribution in [3.63, 3.8) is 0 Å². The lowest BCUT2D eigenvalue weighted by atomic mass is 9.58. The van der Waals surface area contributed by atoms with Crippen LogP contribution in [0.5, 0.6) is 0 Å². The van der Waals surface area contributed by atoms with Crippen molar-refractivity contribution in [1.82, 2.24) is 0 Å². The van der Waals surface area contributed by atoms with Gasteiger partial charge in [0.05, 0.1) is 29.5 Å². The van der Waals surface area contributed by atoms with E-state index in [1.165, 1.54) is 6.92 Å². The van der Waals surface area contributed by atoms with Gasteiger partial charge in [-0.1, -0.05) is 13.8 Å². The molecule has 5 fully saturated rings. The molecule has 2 bridgehead atoms. The molecule has 7 heteroatoms. The topological polar surface area (TPSA) is 120 Å². The summed E-state index contributed by atoms with van der Waals surface area (Å²) in [5.41, 5.74) is -5.62. The van der Waals surface area contributed by atoms with E-state index < -0.39 is 51.7 Å². The fourth-order valence-corrected chi connectivity index (χ4v) is 8.45. The van der Waals surface area contributed by atoms with Crippen LogP contribution >= 0.6 is 0 Å². The molecule has 0 aromatic heterocycles. The number of carbonyl (C=O) groups is 1. The van der Waals surface area contributed by atoms with E-state index in [-0.39, 0.29) is 24.0 Å². The maximum atomic E-state index is 12.2. The normalized spacial score (nSPS) is 61.9. The number of epoxide rings is 1. The molecule has 0 unspecified atom stereocenters. The lowest BCUT2D eigenvalue weighted by Crippen LogP contribution is -2.65. The fourth-order valence-electron chi connectivity index (χ4n) is 8.45. The van der Waals surface area contributed by atoms with Crippen molar-refractivity contribution in [1.29, 1.82) is 0 Å². The summed E-state index contributed by atoms with van der Waals surface area (Å²) in [5, 5.41) is 47.1. The van der Waals surface area contributed by atoms with Crippen molar-refractivity contribution >= 4 is 5.97 Å². The standard InChI is InChI=1S/C22H34O7/c1-10(23)28-17-15(24)21-8-11(19(4,25)9-21)6-7-12(21)20(5,26)14-13-16(29-13)18(2,3)22(14,17)27/h11-17,24-27H,6-9H2,1-5H3/t11-,12+,13+,14+,15-,16+,17-,19-,20-,21-,22+/m1/s1. The average molecular weight is 411 g/mol. The number of hydrogen-bond donors (Lipinski definition) is 4. The Hall–Kier alpha value is -0.730. The second kappa shape index (κ2) is 5.36. The number of hydrogen-bond acceptors (Lipinski definition) is 7. The van der Waals surface area contributed by atoms with E-state index in [4.69, 9.17) is 9.47 Å². The number of rotatable bonds is 1. The summed E-state index contributed by atoms with van der Waals surface area (Å²) in [6.45, 7) is 8.53. The highest BCUT2D eigenvalue weighted by Gasteiger charge is 2.84. The van der Waals surface area contributed by atoms with Crippen LogP contribution < -0.4 is 0 Å². The Morgan fingerprint density at radius 2 is 1.76 bits per heavy atom. The smallest absolute Gasteiger partial charge is 0.303 e. The van der Waals surface area contributed by atoms with Gasteiger partial charge in [-0.3, -0.25) is 4.79 Å². The van der Waals surface area contributed by atoms with Crippen molar-refractivity contribution < 1.29 is 34.7 Å². The number of fused-ring (bicyclic) bond motifs is 4. The lowest BCUT2D eigenvalue weighted by Gasteiger charge is -2.50. The number of aliphatic hydroxyl groups is 4. The van der Waals surface area contributed by atoms with Crippen LogP contribution in [0.25, 0.3) is 0 Å². The van der Waals surface area contributed by atoms with Crippen molar-refractivity contribution in [3.8, 4) is 0 Å². The summed E-state index contributed by atoms with van der Waals surface area (Å²) in [7, 11) is 0. The second-order valence-electron chi connectivity index (χ2n) is 11.5. The molecule has 29 heavy (non-hydrogen) atoms. The van der Waals surface area contributed by atoms with Gasteiger partial charge >= 0.3 is 5.97 Å². The first kappa shape index (κ1) is 20.2. The van der Waals surface area contributed by atoms with Gasteiger partial charge in [-0.05, 0) is 51.4 Å². The van der Waals surface area contributed by atoms with Gasteiger partial charge < -0.3 is 29.9 Å². The van der Waals surface area contributed by atoms with Crippen LogP contribution in [0.15, 0.2) is 0 Å². The third-order valence-electron chi connectivity index (χ3n) is 9.70. The molecule has 0 amide bonds. The molecule has 4 aliphatic carbocycles. The summed E-state index contributed by atoms with van der Waals surface area (Å²) in [5.74, 6) is -1.61. The number of carbonyl (C=O) groups excluding carboxylic acids is 1. The third-order valence-corrected chi connectivity index (χ3v) is 9.70. The molecule has 4 saturated carbocycles. The van der Waals surface area contributed by atoms with E-state index in [0.717, 1.165) is 6.42 Å². The number of esters is 1. The fraction of sp³-hybridized carbons (Fsp3) is 0.955. The van der Waals surface area contributed by atoms with Crippen molar-refractivity contribution in [2.45, 2.75) is 102 Å². The van der Waals surface area contributed by atoms with E-state index in [1.807, 2.05) is 13.8 Å².